The van der Waals surface area contributed by atoms with Crippen LogP contribution in [-0.2, 0) is 5.41 Å². The highest BCUT2D eigenvalue weighted by molar-refractivity contribution is 5.97. The van der Waals surface area contributed by atoms with Crippen molar-refractivity contribution in [3.05, 3.63) is 65.4 Å². The molecule has 2 N–H and O–H groups in total. The minimum absolute atomic E-state index is 0.122. The van der Waals surface area contributed by atoms with Crippen LogP contribution >= 0.6 is 0 Å². The molecular formula is C21H24N2O2. The van der Waals surface area contributed by atoms with Crippen molar-refractivity contribution in [2.45, 2.75) is 26.2 Å². The molecule has 0 spiro atoms. The van der Waals surface area contributed by atoms with E-state index in [9.17, 15) is 4.79 Å². The topological polar surface area (TPSA) is 54.1 Å². The van der Waals surface area contributed by atoms with E-state index in [2.05, 4.69) is 43.2 Å². The van der Waals surface area contributed by atoms with Gasteiger partial charge in [-0.25, -0.2) is 0 Å². The van der Waals surface area contributed by atoms with Gasteiger partial charge in [-0.15, -0.1) is 0 Å². The van der Waals surface area contributed by atoms with Crippen molar-refractivity contribution in [3.63, 3.8) is 0 Å². The molecule has 0 aliphatic carbocycles. The summed E-state index contributed by atoms with van der Waals surface area (Å²) in [5.74, 6) is 0.462. The van der Waals surface area contributed by atoms with E-state index in [1.165, 1.54) is 10.9 Å². The van der Waals surface area contributed by atoms with Crippen LogP contribution in [0.3, 0.4) is 0 Å². The molecular weight excluding hydrogens is 312 g/mol. The molecule has 130 valence electrons. The fourth-order valence-electron chi connectivity index (χ4n) is 3.47. The molecule has 3 aromatic rings. The summed E-state index contributed by atoms with van der Waals surface area (Å²) in [7, 11) is 1.57. The Bertz CT molecular complexity index is 909. The van der Waals surface area contributed by atoms with Crippen molar-refractivity contribution in [2.24, 2.45) is 0 Å². The first-order valence-corrected chi connectivity index (χ1v) is 8.43. The SMILES string of the molecule is COc1ccccc1C(=O)NCC(C)(C)c1c(C)[nH]c2ccccc12. The minimum Gasteiger partial charge on any atom is -0.496 e. The zero-order valence-electron chi connectivity index (χ0n) is 15.1. The number of carbonyl (C=O) groups is 1. The molecule has 0 saturated heterocycles. The molecule has 3 rings (SSSR count). The third-order valence-corrected chi connectivity index (χ3v) is 4.61. The van der Waals surface area contributed by atoms with Crippen LogP contribution in [-0.4, -0.2) is 24.5 Å². The normalized spacial score (nSPS) is 11.5. The van der Waals surface area contributed by atoms with Crippen LogP contribution < -0.4 is 10.1 Å². The highest BCUT2D eigenvalue weighted by Crippen LogP contribution is 2.33. The number of hydrogen-bond donors (Lipinski definition) is 2. The Kier molecular flexibility index (Phi) is 4.53. The quantitative estimate of drug-likeness (QED) is 0.734. The van der Waals surface area contributed by atoms with Gasteiger partial charge >= 0.3 is 0 Å². The Hall–Kier alpha value is -2.75. The van der Waals surface area contributed by atoms with Gasteiger partial charge in [-0.2, -0.15) is 0 Å². The number of methoxy groups -OCH3 is 1. The van der Waals surface area contributed by atoms with E-state index >= 15 is 0 Å². The number of carbonyl (C=O) groups excluding carboxylic acids is 1. The third kappa shape index (κ3) is 3.25. The van der Waals surface area contributed by atoms with E-state index in [0.29, 0.717) is 17.9 Å². The first kappa shape index (κ1) is 17.1. The Morgan fingerprint density at radius 3 is 2.56 bits per heavy atom. The monoisotopic (exact) mass is 336 g/mol. The predicted molar refractivity (Wildman–Crippen MR) is 101 cm³/mol. The molecule has 4 nitrogen and oxygen atoms in total. The number of aromatic nitrogens is 1. The van der Waals surface area contributed by atoms with E-state index in [0.717, 1.165) is 11.2 Å². The van der Waals surface area contributed by atoms with Crippen LogP contribution in [0.1, 0.15) is 35.5 Å². The smallest absolute Gasteiger partial charge is 0.255 e. The Morgan fingerprint density at radius 1 is 1.12 bits per heavy atom. The van der Waals surface area contributed by atoms with Crippen LogP contribution in [0.4, 0.5) is 0 Å². The maximum atomic E-state index is 12.6. The van der Waals surface area contributed by atoms with E-state index < -0.39 is 0 Å². The van der Waals surface area contributed by atoms with Crippen molar-refractivity contribution in [3.8, 4) is 5.75 Å². The Morgan fingerprint density at radius 2 is 1.80 bits per heavy atom. The highest BCUT2D eigenvalue weighted by Gasteiger charge is 2.27. The second-order valence-corrected chi connectivity index (χ2v) is 6.94. The highest BCUT2D eigenvalue weighted by atomic mass is 16.5. The van der Waals surface area contributed by atoms with Gasteiger partial charge < -0.3 is 15.0 Å². The van der Waals surface area contributed by atoms with Crippen LogP contribution in [0.2, 0.25) is 0 Å². The number of H-pyrrole nitrogens is 1. The van der Waals surface area contributed by atoms with Gasteiger partial charge in [0, 0.05) is 28.6 Å². The van der Waals surface area contributed by atoms with Crippen LogP contribution in [0.15, 0.2) is 48.5 Å². The Balaban J connectivity index is 1.84. The van der Waals surface area contributed by atoms with E-state index in [4.69, 9.17) is 4.74 Å². The van der Waals surface area contributed by atoms with E-state index in [1.807, 2.05) is 24.3 Å². The van der Waals surface area contributed by atoms with Crippen molar-refractivity contribution in [2.75, 3.05) is 13.7 Å². The minimum atomic E-state index is -0.207. The number of aromatic amines is 1. The molecule has 0 aliphatic heterocycles. The van der Waals surface area contributed by atoms with Crippen molar-refractivity contribution in [1.29, 1.82) is 0 Å². The second kappa shape index (κ2) is 6.63. The summed E-state index contributed by atoms with van der Waals surface area (Å²) in [6, 6.07) is 15.5. The molecule has 25 heavy (non-hydrogen) atoms. The van der Waals surface area contributed by atoms with Gasteiger partial charge in [-0.1, -0.05) is 44.2 Å². The lowest BCUT2D eigenvalue weighted by atomic mass is 9.82. The zero-order chi connectivity index (χ0) is 18.0. The standard InChI is InChI=1S/C21H24N2O2/c1-14-19(15-9-5-7-11-17(15)23-14)21(2,3)13-22-20(24)16-10-6-8-12-18(16)25-4/h5-12,23H,13H2,1-4H3,(H,22,24). The fraction of sp³-hybridized carbons (Fsp3) is 0.286. The second-order valence-electron chi connectivity index (χ2n) is 6.94. The summed E-state index contributed by atoms with van der Waals surface area (Å²) in [5.41, 5.74) is 3.85. The van der Waals surface area contributed by atoms with Gasteiger partial charge in [0.2, 0.25) is 0 Å². The molecule has 0 radical (unpaired) electrons. The molecule has 2 aromatic carbocycles. The Labute approximate surface area is 148 Å². The number of aryl methyl sites for hydroxylation is 1. The largest absolute Gasteiger partial charge is 0.496 e. The zero-order valence-corrected chi connectivity index (χ0v) is 15.1. The summed E-state index contributed by atoms with van der Waals surface area (Å²) < 4.78 is 5.28. The molecule has 0 atom stereocenters. The number of hydrogen-bond acceptors (Lipinski definition) is 2. The lowest BCUT2D eigenvalue weighted by Gasteiger charge is -2.26. The molecule has 0 aliphatic rings. The molecule has 1 aromatic heterocycles. The third-order valence-electron chi connectivity index (χ3n) is 4.61. The average Bonchev–Trinajstić information content (AvgIpc) is 2.96. The number of amides is 1. The van der Waals surface area contributed by atoms with Gasteiger partial charge in [0.1, 0.15) is 5.75 Å². The molecule has 0 saturated carbocycles. The number of nitrogens with one attached hydrogen (secondary N) is 2. The van der Waals surface area contributed by atoms with Crippen LogP contribution in [0.25, 0.3) is 10.9 Å². The van der Waals surface area contributed by atoms with Crippen molar-refractivity contribution >= 4 is 16.8 Å². The molecule has 0 unspecified atom stereocenters. The number of rotatable bonds is 5. The van der Waals surface area contributed by atoms with Crippen LogP contribution in [0, 0.1) is 6.92 Å². The van der Waals surface area contributed by atoms with Crippen LogP contribution in [0.5, 0.6) is 5.75 Å². The summed E-state index contributed by atoms with van der Waals surface area (Å²) in [4.78, 5) is 16.0. The maximum Gasteiger partial charge on any atom is 0.255 e. The number of para-hydroxylation sites is 2. The average molecular weight is 336 g/mol. The summed E-state index contributed by atoms with van der Waals surface area (Å²) in [6.45, 7) is 6.92. The van der Waals surface area contributed by atoms with Crippen molar-refractivity contribution < 1.29 is 9.53 Å². The maximum absolute atomic E-state index is 12.6. The first-order chi connectivity index (χ1) is 11.9. The van der Waals surface area contributed by atoms with Gasteiger partial charge in [-0.3, -0.25) is 4.79 Å². The predicted octanol–water partition coefficient (Wildman–Crippen LogP) is 4.19. The van der Waals surface area contributed by atoms with Crippen molar-refractivity contribution in [1.82, 2.24) is 10.3 Å². The number of fused-ring (bicyclic) bond motifs is 1. The molecule has 4 heteroatoms. The summed E-state index contributed by atoms with van der Waals surface area (Å²) in [6.07, 6.45) is 0. The van der Waals surface area contributed by atoms with Gasteiger partial charge in [-0.05, 0) is 30.7 Å². The lowest BCUT2D eigenvalue weighted by Crippen LogP contribution is -2.37. The summed E-state index contributed by atoms with van der Waals surface area (Å²) >= 11 is 0. The lowest BCUT2D eigenvalue weighted by molar-refractivity contribution is 0.0942. The first-order valence-electron chi connectivity index (χ1n) is 8.43. The fourth-order valence-corrected chi connectivity index (χ4v) is 3.47. The number of benzene rings is 2. The number of ether oxygens (including phenoxy) is 1. The molecule has 0 fully saturated rings. The molecule has 1 heterocycles. The molecule has 1 amide bonds. The van der Waals surface area contributed by atoms with Gasteiger partial charge in [0.25, 0.3) is 5.91 Å². The summed E-state index contributed by atoms with van der Waals surface area (Å²) in [5, 5.41) is 4.27. The molecule has 0 bridgehead atoms. The van der Waals surface area contributed by atoms with Gasteiger partial charge in [0.05, 0.1) is 12.7 Å². The van der Waals surface area contributed by atoms with E-state index in [1.54, 1.807) is 19.2 Å². The van der Waals surface area contributed by atoms with E-state index in [-0.39, 0.29) is 11.3 Å². The van der Waals surface area contributed by atoms with Gasteiger partial charge in [0.15, 0.2) is 0 Å².